The van der Waals surface area contributed by atoms with E-state index in [1.165, 1.54) is 6.07 Å². The molecule has 0 aliphatic rings. The molecular formula is C12H14O4. The number of hydrogen-bond donors (Lipinski definition) is 0. The molecule has 0 unspecified atom stereocenters. The second-order valence-electron chi connectivity index (χ2n) is 3.08. The molecule has 1 rings (SSSR count). The van der Waals surface area contributed by atoms with Crippen molar-refractivity contribution in [2.75, 3.05) is 19.8 Å². The van der Waals surface area contributed by atoms with Crippen molar-refractivity contribution >= 4 is 12.3 Å². The normalized spacial score (nSPS) is 9.81. The monoisotopic (exact) mass is 222 g/mol. The van der Waals surface area contributed by atoms with E-state index in [0.29, 0.717) is 30.6 Å². The van der Waals surface area contributed by atoms with Crippen molar-refractivity contribution in [1.82, 2.24) is 0 Å². The lowest BCUT2D eigenvalue weighted by molar-refractivity contribution is 0.0335. The first-order chi connectivity index (χ1) is 7.77. The highest BCUT2D eigenvalue weighted by Gasteiger charge is 2.06. The molecule has 86 valence electrons. The smallest absolute Gasteiger partial charge is 0.338 e. The number of rotatable bonds is 6. The molecule has 0 fully saturated rings. The molecule has 0 amide bonds. The summed E-state index contributed by atoms with van der Waals surface area (Å²) in [6, 6.07) is 6.37. The predicted octanol–water partition coefficient (Wildman–Crippen LogP) is 1.69. The van der Waals surface area contributed by atoms with E-state index < -0.39 is 5.97 Å². The van der Waals surface area contributed by atoms with Gasteiger partial charge in [0.25, 0.3) is 0 Å². The van der Waals surface area contributed by atoms with Crippen LogP contribution in [0.5, 0.6) is 0 Å². The second-order valence-corrected chi connectivity index (χ2v) is 3.08. The summed E-state index contributed by atoms with van der Waals surface area (Å²) in [4.78, 5) is 22.0. The molecule has 0 atom stereocenters. The Kier molecular flexibility index (Phi) is 5.22. The molecule has 1 aromatic carbocycles. The minimum atomic E-state index is -0.441. The fourth-order valence-electron chi connectivity index (χ4n) is 1.16. The van der Waals surface area contributed by atoms with Gasteiger partial charge >= 0.3 is 5.97 Å². The van der Waals surface area contributed by atoms with Crippen LogP contribution in [-0.2, 0) is 9.47 Å². The fraction of sp³-hybridized carbons (Fsp3) is 0.333. The molecular weight excluding hydrogens is 208 g/mol. The highest BCUT2D eigenvalue weighted by Crippen LogP contribution is 2.04. The van der Waals surface area contributed by atoms with Crippen LogP contribution >= 0.6 is 0 Å². The van der Waals surface area contributed by atoms with Gasteiger partial charge in [-0.05, 0) is 19.1 Å². The molecule has 4 nitrogen and oxygen atoms in total. The lowest BCUT2D eigenvalue weighted by Gasteiger charge is -2.04. The molecule has 0 aliphatic heterocycles. The van der Waals surface area contributed by atoms with Crippen LogP contribution in [0.1, 0.15) is 27.6 Å². The van der Waals surface area contributed by atoms with Crippen molar-refractivity contribution in [3.05, 3.63) is 35.4 Å². The molecule has 0 radical (unpaired) electrons. The van der Waals surface area contributed by atoms with Crippen LogP contribution in [-0.4, -0.2) is 32.1 Å². The highest BCUT2D eigenvalue weighted by atomic mass is 16.6. The van der Waals surface area contributed by atoms with Gasteiger partial charge in [-0.3, -0.25) is 4.79 Å². The van der Waals surface area contributed by atoms with Crippen molar-refractivity contribution in [3.8, 4) is 0 Å². The van der Waals surface area contributed by atoms with Gasteiger partial charge in [0, 0.05) is 12.2 Å². The van der Waals surface area contributed by atoms with Gasteiger partial charge in [0.2, 0.25) is 0 Å². The number of ether oxygens (including phenoxy) is 2. The lowest BCUT2D eigenvalue weighted by atomic mass is 10.1. The third kappa shape index (κ3) is 3.82. The summed E-state index contributed by atoms with van der Waals surface area (Å²) < 4.78 is 9.98. The van der Waals surface area contributed by atoms with E-state index in [4.69, 9.17) is 9.47 Å². The molecule has 4 heteroatoms. The summed E-state index contributed by atoms with van der Waals surface area (Å²) in [5.74, 6) is -0.441. The van der Waals surface area contributed by atoms with E-state index in [2.05, 4.69) is 0 Å². The van der Waals surface area contributed by atoms with Crippen molar-refractivity contribution in [2.24, 2.45) is 0 Å². The van der Waals surface area contributed by atoms with E-state index in [0.717, 1.165) is 0 Å². The Balaban J connectivity index is 2.49. The van der Waals surface area contributed by atoms with Crippen LogP contribution in [0.3, 0.4) is 0 Å². The topological polar surface area (TPSA) is 52.6 Å². The SMILES string of the molecule is CCOCCOC(=O)c1cccc(C=O)c1. The van der Waals surface area contributed by atoms with Gasteiger partial charge in [-0.25, -0.2) is 4.79 Å². The molecule has 0 bridgehead atoms. The van der Waals surface area contributed by atoms with E-state index in [1.54, 1.807) is 18.2 Å². The third-order valence-electron chi connectivity index (χ3n) is 1.92. The summed E-state index contributed by atoms with van der Waals surface area (Å²) >= 11 is 0. The van der Waals surface area contributed by atoms with Gasteiger partial charge in [0.15, 0.2) is 0 Å². The van der Waals surface area contributed by atoms with E-state index in [-0.39, 0.29) is 6.61 Å². The zero-order chi connectivity index (χ0) is 11.8. The fourth-order valence-corrected chi connectivity index (χ4v) is 1.16. The molecule has 0 aromatic heterocycles. The Morgan fingerprint density at radius 3 is 2.88 bits per heavy atom. The number of aldehydes is 1. The van der Waals surface area contributed by atoms with Gasteiger partial charge < -0.3 is 9.47 Å². The van der Waals surface area contributed by atoms with Crippen LogP contribution in [0.4, 0.5) is 0 Å². The molecule has 0 heterocycles. The van der Waals surface area contributed by atoms with Gasteiger partial charge in [-0.15, -0.1) is 0 Å². The Morgan fingerprint density at radius 1 is 1.38 bits per heavy atom. The van der Waals surface area contributed by atoms with Gasteiger partial charge in [-0.2, -0.15) is 0 Å². The number of benzene rings is 1. The van der Waals surface area contributed by atoms with Gasteiger partial charge in [0.1, 0.15) is 12.9 Å². The largest absolute Gasteiger partial charge is 0.460 e. The summed E-state index contributed by atoms with van der Waals surface area (Å²) in [5.41, 5.74) is 0.834. The van der Waals surface area contributed by atoms with E-state index in [1.807, 2.05) is 6.92 Å². The predicted molar refractivity (Wildman–Crippen MR) is 58.6 cm³/mol. The Labute approximate surface area is 94.2 Å². The molecule has 0 aliphatic carbocycles. The van der Waals surface area contributed by atoms with E-state index in [9.17, 15) is 9.59 Å². The average molecular weight is 222 g/mol. The second kappa shape index (κ2) is 6.74. The first kappa shape index (κ1) is 12.4. The minimum absolute atomic E-state index is 0.220. The van der Waals surface area contributed by atoms with Crippen LogP contribution < -0.4 is 0 Å². The highest BCUT2D eigenvalue weighted by molar-refractivity contribution is 5.91. The maximum atomic E-state index is 11.5. The standard InChI is InChI=1S/C12H14O4/c1-2-15-6-7-16-12(14)11-5-3-4-10(8-11)9-13/h3-5,8-9H,2,6-7H2,1H3. The van der Waals surface area contributed by atoms with Crippen LogP contribution in [0, 0.1) is 0 Å². The Bertz CT molecular complexity index is 360. The Hall–Kier alpha value is -1.68. The summed E-state index contributed by atoms with van der Waals surface area (Å²) in [7, 11) is 0. The zero-order valence-corrected chi connectivity index (χ0v) is 9.14. The molecule has 0 saturated heterocycles. The molecule has 0 saturated carbocycles. The molecule has 16 heavy (non-hydrogen) atoms. The third-order valence-corrected chi connectivity index (χ3v) is 1.92. The van der Waals surface area contributed by atoms with Gasteiger partial charge in [-0.1, -0.05) is 12.1 Å². The van der Waals surface area contributed by atoms with Crippen molar-refractivity contribution in [1.29, 1.82) is 0 Å². The Morgan fingerprint density at radius 2 is 2.19 bits per heavy atom. The first-order valence-electron chi connectivity index (χ1n) is 5.08. The first-order valence-corrected chi connectivity index (χ1v) is 5.08. The lowest BCUT2D eigenvalue weighted by Crippen LogP contribution is -2.11. The maximum absolute atomic E-state index is 11.5. The van der Waals surface area contributed by atoms with Crippen LogP contribution in [0.2, 0.25) is 0 Å². The average Bonchev–Trinajstić information content (AvgIpc) is 2.34. The van der Waals surface area contributed by atoms with Crippen molar-refractivity contribution in [3.63, 3.8) is 0 Å². The molecule has 0 N–H and O–H groups in total. The quantitative estimate of drug-likeness (QED) is 0.417. The zero-order valence-electron chi connectivity index (χ0n) is 9.14. The number of carbonyl (C=O) groups excluding carboxylic acids is 2. The number of hydrogen-bond acceptors (Lipinski definition) is 4. The summed E-state index contributed by atoms with van der Waals surface area (Å²) in [6.45, 7) is 3.07. The summed E-state index contributed by atoms with van der Waals surface area (Å²) in [5, 5.41) is 0. The molecule has 1 aromatic rings. The number of carbonyl (C=O) groups is 2. The van der Waals surface area contributed by atoms with Gasteiger partial charge in [0.05, 0.1) is 12.2 Å². The van der Waals surface area contributed by atoms with E-state index >= 15 is 0 Å². The summed E-state index contributed by atoms with van der Waals surface area (Å²) in [6.07, 6.45) is 0.691. The maximum Gasteiger partial charge on any atom is 0.338 e. The minimum Gasteiger partial charge on any atom is -0.460 e. The van der Waals surface area contributed by atoms with Crippen LogP contribution in [0.25, 0.3) is 0 Å². The molecule has 0 spiro atoms. The van der Waals surface area contributed by atoms with Crippen molar-refractivity contribution < 1.29 is 19.1 Å². The number of esters is 1. The van der Waals surface area contributed by atoms with Crippen molar-refractivity contribution in [2.45, 2.75) is 6.92 Å². The van der Waals surface area contributed by atoms with Crippen LogP contribution in [0.15, 0.2) is 24.3 Å².